The van der Waals surface area contributed by atoms with E-state index in [9.17, 15) is 0 Å². The molecule has 0 saturated heterocycles. The van der Waals surface area contributed by atoms with Crippen LogP contribution in [0.5, 0.6) is 0 Å². The second-order valence-electron chi connectivity index (χ2n) is 4.74. The molecule has 106 valence electrons. The first-order valence-corrected chi connectivity index (χ1v) is 7.07. The minimum absolute atomic E-state index is 0.336. The molecule has 0 aliphatic heterocycles. The number of nitrogens with zero attached hydrogens (tertiary/aromatic N) is 2. The third kappa shape index (κ3) is 3.25. The molecule has 0 unspecified atom stereocenters. The Morgan fingerprint density at radius 2 is 2.00 bits per heavy atom. The lowest BCUT2D eigenvalue weighted by Gasteiger charge is -2.30. The van der Waals surface area contributed by atoms with Crippen molar-refractivity contribution in [2.45, 2.75) is 25.7 Å². The quantitative estimate of drug-likeness (QED) is 0.475. The fourth-order valence-electron chi connectivity index (χ4n) is 2.12. The molecular formula is C15H20N4S. The topological polar surface area (TPSA) is 58.5 Å². The Labute approximate surface area is 125 Å². The van der Waals surface area contributed by atoms with E-state index >= 15 is 0 Å². The van der Waals surface area contributed by atoms with Gasteiger partial charge in [-0.05, 0) is 49.6 Å². The summed E-state index contributed by atoms with van der Waals surface area (Å²) in [6.45, 7) is 4.02. The van der Waals surface area contributed by atoms with Crippen molar-refractivity contribution in [2.24, 2.45) is 11.7 Å². The first-order valence-electron chi connectivity index (χ1n) is 6.66. The van der Waals surface area contributed by atoms with Crippen LogP contribution in [0.4, 0.5) is 0 Å². The van der Waals surface area contributed by atoms with Gasteiger partial charge in [0.15, 0.2) is 0 Å². The van der Waals surface area contributed by atoms with E-state index in [2.05, 4.69) is 18.7 Å². The summed E-state index contributed by atoms with van der Waals surface area (Å²) in [6.07, 6.45) is 16.1. The molecule has 0 amide bonds. The summed E-state index contributed by atoms with van der Waals surface area (Å²) >= 11 is 5.35. The molecule has 0 radical (unpaired) electrons. The van der Waals surface area contributed by atoms with Crippen molar-refractivity contribution in [1.29, 1.82) is 0 Å². The van der Waals surface area contributed by atoms with Crippen molar-refractivity contribution < 1.29 is 0 Å². The van der Waals surface area contributed by atoms with Gasteiger partial charge in [-0.2, -0.15) is 0 Å². The highest BCUT2D eigenvalue weighted by Gasteiger charge is 2.19. The number of rotatable bonds is 3. The van der Waals surface area contributed by atoms with Gasteiger partial charge in [0.1, 0.15) is 0 Å². The molecule has 4 N–H and O–H groups in total. The molecule has 2 aliphatic rings. The summed E-state index contributed by atoms with van der Waals surface area (Å²) in [7, 11) is 0. The van der Waals surface area contributed by atoms with E-state index in [1.165, 1.54) is 10.0 Å². The van der Waals surface area contributed by atoms with Gasteiger partial charge >= 0.3 is 0 Å². The highest BCUT2D eigenvalue weighted by atomic mass is 32.1. The highest BCUT2D eigenvalue weighted by molar-refractivity contribution is 7.80. The summed E-state index contributed by atoms with van der Waals surface area (Å²) in [5, 5.41) is 3.14. The van der Waals surface area contributed by atoms with Crippen molar-refractivity contribution in [3.8, 4) is 0 Å². The smallest absolute Gasteiger partial charge is 0.209 e. The molecule has 2 rings (SSSR count). The van der Waals surface area contributed by atoms with Crippen LogP contribution in [0.25, 0.3) is 0 Å². The van der Waals surface area contributed by atoms with Crippen molar-refractivity contribution >= 4 is 17.3 Å². The zero-order chi connectivity index (χ0) is 14.5. The lowest BCUT2D eigenvalue weighted by Crippen LogP contribution is -2.49. The Kier molecular flexibility index (Phi) is 4.89. The lowest BCUT2D eigenvalue weighted by molar-refractivity contribution is 0.442. The van der Waals surface area contributed by atoms with E-state index in [1.807, 2.05) is 24.3 Å². The van der Waals surface area contributed by atoms with Gasteiger partial charge in [0.25, 0.3) is 0 Å². The molecule has 0 spiro atoms. The van der Waals surface area contributed by atoms with E-state index < -0.39 is 0 Å². The van der Waals surface area contributed by atoms with Gasteiger partial charge in [-0.25, -0.2) is 11.7 Å². The lowest BCUT2D eigenvalue weighted by atomic mass is 10.0. The van der Waals surface area contributed by atoms with Gasteiger partial charge in [-0.1, -0.05) is 37.0 Å². The maximum atomic E-state index is 6.05. The number of thiocarbonyl (C=S) groups is 1. The monoisotopic (exact) mass is 288 g/mol. The van der Waals surface area contributed by atoms with Crippen molar-refractivity contribution in [2.75, 3.05) is 0 Å². The Morgan fingerprint density at radius 3 is 2.60 bits per heavy atom. The largest absolute Gasteiger partial charge is 0.254 e. The molecule has 0 fully saturated rings. The standard InChI is InChI=1S/C15H20N4S/c1-12(13-8-4-2-5-9-13)18(16)15(20)19(17)14-10-6-3-7-11-14/h2,4,6,8,10-11H,1,3,5,7,9,16-17H2. The van der Waals surface area contributed by atoms with Crippen LogP contribution in [0.2, 0.25) is 0 Å². The summed E-state index contributed by atoms with van der Waals surface area (Å²) in [6, 6.07) is 0. The van der Waals surface area contributed by atoms with E-state index in [4.69, 9.17) is 23.9 Å². The fraction of sp³-hybridized carbons (Fsp3) is 0.267. The molecule has 0 bridgehead atoms. The molecule has 2 aliphatic carbocycles. The molecule has 4 nitrogen and oxygen atoms in total. The van der Waals surface area contributed by atoms with Gasteiger partial charge in [0.05, 0.1) is 11.4 Å². The van der Waals surface area contributed by atoms with E-state index in [1.54, 1.807) is 0 Å². The number of nitrogens with two attached hydrogens (primary N) is 2. The third-order valence-corrected chi connectivity index (χ3v) is 3.73. The zero-order valence-electron chi connectivity index (χ0n) is 11.5. The minimum Gasteiger partial charge on any atom is -0.254 e. The molecule has 0 atom stereocenters. The Bertz CT molecular complexity index is 528. The van der Waals surface area contributed by atoms with Crippen LogP contribution in [-0.2, 0) is 0 Å². The molecular weight excluding hydrogens is 268 g/mol. The van der Waals surface area contributed by atoms with Gasteiger partial charge in [0.2, 0.25) is 5.11 Å². The van der Waals surface area contributed by atoms with Gasteiger partial charge in [-0.15, -0.1) is 0 Å². The molecule has 0 heterocycles. The molecule has 0 saturated carbocycles. The average Bonchev–Trinajstić information content (AvgIpc) is 2.53. The van der Waals surface area contributed by atoms with Gasteiger partial charge in [0, 0.05) is 0 Å². The number of hydrogen-bond acceptors (Lipinski definition) is 3. The van der Waals surface area contributed by atoms with E-state index in [0.29, 0.717) is 10.8 Å². The molecule has 0 aromatic rings. The van der Waals surface area contributed by atoms with Crippen LogP contribution in [0.1, 0.15) is 25.7 Å². The fourth-order valence-corrected chi connectivity index (χ4v) is 2.33. The first kappa shape index (κ1) is 14.7. The second-order valence-corrected chi connectivity index (χ2v) is 5.10. The number of hydrazine groups is 2. The maximum absolute atomic E-state index is 6.05. The van der Waals surface area contributed by atoms with Crippen molar-refractivity contribution in [3.05, 3.63) is 60.0 Å². The molecule has 0 aromatic carbocycles. The Morgan fingerprint density at radius 1 is 1.20 bits per heavy atom. The maximum Gasteiger partial charge on any atom is 0.209 e. The van der Waals surface area contributed by atoms with Gasteiger partial charge < -0.3 is 0 Å². The number of allylic oxidation sites excluding steroid dienone is 7. The van der Waals surface area contributed by atoms with E-state index in [0.717, 1.165) is 37.0 Å². The van der Waals surface area contributed by atoms with Crippen LogP contribution in [0.15, 0.2) is 60.0 Å². The van der Waals surface area contributed by atoms with Crippen LogP contribution in [-0.4, -0.2) is 15.1 Å². The summed E-state index contributed by atoms with van der Waals surface area (Å²) < 4.78 is 0. The molecule has 0 aromatic heterocycles. The minimum atomic E-state index is 0.336. The highest BCUT2D eigenvalue weighted by Crippen LogP contribution is 2.22. The van der Waals surface area contributed by atoms with Crippen LogP contribution in [0.3, 0.4) is 0 Å². The van der Waals surface area contributed by atoms with E-state index in [-0.39, 0.29) is 0 Å². The normalized spacial score (nSPS) is 17.3. The SMILES string of the molecule is C=C(C1=CC=CCC1)N(N)C(=S)N(N)C1=CCCC=C1. The predicted molar refractivity (Wildman–Crippen MR) is 86.7 cm³/mol. The zero-order valence-corrected chi connectivity index (χ0v) is 12.3. The predicted octanol–water partition coefficient (Wildman–Crippen LogP) is 2.65. The van der Waals surface area contributed by atoms with Crippen LogP contribution >= 0.6 is 12.2 Å². The summed E-state index contributed by atoms with van der Waals surface area (Å²) in [5.41, 5.74) is 2.64. The molecule has 5 heteroatoms. The third-order valence-electron chi connectivity index (χ3n) is 3.34. The van der Waals surface area contributed by atoms with Crippen LogP contribution < -0.4 is 11.7 Å². The van der Waals surface area contributed by atoms with Crippen molar-refractivity contribution in [1.82, 2.24) is 10.0 Å². The second kappa shape index (κ2) is 6.65. The first-order chi connectivity index (χ1) is 9.61. The Balaban J connectivity index is 2.06. The average molecular weight is 288 g/mol. The Hall–Kier alpha value is -1.69. The van der Waals surface area contributed by atoms with Gasteiger partial charge in [-0.3, -0.25) is 10.0 Å². The molecule has 20 heavy (non-hydrogen) atoms. The summed E-state index contributed by atoms with van der Waals surface area (Å²) in [4.78, 5) is 0. The summed E-state index contributed by atoms with van der Waals surface area (Å²) in [5.74, 6) is 12.1. The number of hydrogen-bond donors (Lipinski definition) is 2. The van der Waals surface area contributed by atoms with Crippen molar-refractivity contribution in [3.63, 3.8) is 0 Å². The van der Waals surface area contributed by atoms with Crippen LogP contribution in [0, 0.1) is 0 Å².